The highest BCUT2D eigenvalue weighted by Crippen LogP contribution is 2.20. The second kappa shape index (κ2) is 4.15. The lowest BCUT2D eigenvalue weighted by Crippen LogP contribution is -2.50. The number of rotatable bonds is 2. The molecular weight excluding hydrogens is 164 g/mol. The molecule has 1 rings (SSSR count). The molecule has 0 radical (unpaired) electrons. The van der Waals surface area contributed by atoms with E-state index in [1.165, 1.54) is 7.11 Å². The second-order valence-corrected chi connectivity index (χ2v) is 2.82. The summed E-state index contributed by atoms with van der Waals surface area (Å²) in [6, 6.07) is 0. The molecule has 0 amide bonds. The van der Waals surface area contributed by atoms with E-state index >= 15 is 0 Å². The van der Waals surface area contributed by atoms with Crippen LogP contribution in [-0.4, -0.2) is 53.6 Å². The molecule has 0 saturated carbocycles. The average Bonchev–Trinajstić information content (AvgIpc) is 2.09. The SMILES string of the molecule is CO[C@@H]1CC(O)[C@H](O)[C@@H](CO)O1. The summed E-state index contributed by atoms with van der Waals surface area (Å²) in [7, 11) is 1.45. The normalized spacial score (nSPS) is 43.0. The van der Waals surface area contributed by atoms with E-state index in [2.05, 4.69) is 0 Å². The maximum atomic E-state index is 9.26. The number of methoxy groups -OCH3 is 1. The summed E-state index contributed by atoms with van der Waals surface area (Å²) in [5, 5.41) is 27.3. The Balaban J connectivity index is 2.52. The van der Waals surface area contributed by atoms with E-state index in [9.17, 15) is 10.2 Å². The molecule has 1 fully saturated rings. The Kier molecular flexibility index (Phi) is 3.42. The van der Waals surface area contributed by atoms with Crippen molar-refractivity contribution in [1.29, 1.82) is 0 Å². The lowest BCUT2D eigenvalue weighted by atomic mass is 10.0. The fourth-order valence-electron chi connectivity index (χ4n) is 1.22. The summed E-state index contributed by atoms with van der Waals surface area (Å²) >= 11 is 0. The van der Waals surface area contributed by atoms with Gasteiger partial charge in [-0.2, -0.15) is 0 Å². The zero-order chi connectivity index (χ0) is 9.14. The van der Waals surface area contributed by atoms with Crippen LogP contribution in [0.4, 0.5) is 0 Å². The van der Waals surface area contributed by atoms with Crippen molar-refractivity contribution in [3.8, 4) is 0 Å². The van der Waals surface area contributed by atoms with Crippen LogP contribution >= 0.6 is 0 Å². The van der Waals surface area contributed by atoms with Gasteiger partial charge in [0.05, 0.1) is 12.7 Å². The van der Waals surface area contributed by atoms with Crippen molar-refractivity contribution < 1.29 is 24.8 Å². The predicted octanol–water partition coefficient (Wildman–Crippen LogP) is -1.54. The molecule has 0 bridgehead atoms. The Bertz CT molecular complexity index is 140. The molecule has 5 heteroatoms. The standard InChI is InChI=1S/C7H14O5/c1-11-6-2-4(9)7(10)5(3-8)12-6/h4-10H,2-3H2,1H3/t4?,5-,6+,7+/m1/s1. The van der Waals surface area contributed by atoms with E-state index < -0.39 is 24.6 Å². The highest BCUT2D eigenvalue weighted by molar-refractivity contribution is 4.81. The van der Waals surface area contributed by atoms with E-state index in [-0.39, 0.29) is 13.0 Å². The number of hydrogen-bond donors (Lipinski definition) is 3. The fraction of sp³-hybridized carbons (Fsp3) is 1.00. The number of ether oxygens (including phenoxy) is 2. The summed E-state index contributed by atoms with van der Waals surface area (Å²) in [5.41, 5.74) is 0. The summed E-state index contributed by atoms with van der Waals surface area (Å²) in [6.07, 6.45) is -2.98. The highest BCUT2D eigenvalue weighted by Gasteiger charge is 2.36. The van der Waals surface area contributed by atoms with Crippen molar-refractivity contribution in [2.75, 3.05) is 13.7 Å². The first kappa shape index (κ1) is 9.88. The van der Waals surface area contributed by atoms with E-state index in [1.54, 1.807) is 0 Å². The first-order chi connectivity index (χ1) is 5.69. The molecule has 1 aliphatic rings. The largest absolute Gasteiger partial charge is 0.394 e. The third-order valence-electron chi connectivity index (χ3n) is 1.98. The van der Waals surface area contributed by atoms with Gasteiger partial charge in [0.15, 0.2) is 6.29 Å². The van der Waals surface area contributed by atoms with Crippen LogP contribution in [0.3, 0.4) is 0 Å². The van der Waals surface area contributed by atoms with Gasteiger partial charge in [0.25, 0.3) is 0 Å². The van der Waals surface area contributed by atoms with Crippen molar-refractivity contribution in [2.24, 2.45) is 0 Å². The van der Waals surface area contributed by atoms with Gasteiger partial charge in [0.1, 0.15) is 12.2 Å². The van der Waals surface area contributed by atoms with Gasteiger partial charge in [-0.3, -0.25) is 0 Å². The highest BCUT2D eigenvalue weighted by atomic mass is 16.7. The lowest BCUT2D eigenvalue weighted by molar-refractivity contribution is -0.248. The van der Waals surface area contributed by atoms with E-state index in [0.717, 1.165) is 0 Å². The Labute approximate surface area is 70.5 Å². The summed E-state index contributed by atoms with van der Waals surface area (Å²) in [6.45, 7) is -0.321. The minimum atomic E-state index is -1.03. The van der Waals surface area contributed by atoms with Gasteiger partial charge in [0.2, 0.25) is 0 Å². The maximum absolute atomic E-state index is 9.26. The van der Waals surface area contributed by atoms with Gasteiger partial charge in [0, 0.05) is 13.5 Å². The average molecular weight is 178 g/mol. The summed E-state index contributed by atoms with van der Waals surface area (Å²) in [4.78, 5) is 0. The summed E-state index contributed by atoms with van der Waals surface area (Å²) in [5.74, 6) is 0. The van der Waals surface area contributed by atoms with Gasteiger partial charge in [-0.05, 0) is 0 Å². The van der Waals surface area contributed by atoms with E-state index in [0.29, 0.717) is 0 Å². The minimum absolute atomic E-state index is 0.230. The molecule has 12 heavy (non-hydrogen) atoms. The maximum Gasteiger partial charge on any atom is 0.160 e. The van der Waals surface area contributed by atoms with Crippen molar-refractivity contribution in [3.63, 3.8) is 0 Å². The van der Waals surface area contributed by atoms with Crippen LogP contribution in [-0.2, 0) is 9.47 Å². The number of aliphatic hydroxyl groups excluding tert-OH is 3. The molecule has 1 heterocycles. The van der Waals surface area contributed by atoms with Crippen LogP contribution in [0.2, 0.25) is 0 Å². The van der Waals surface area contributed by atoms with Gasteiger partial charge in [-0.1, -0.05) is 0 Å². The molecule has 1 saturated heterocycles. The Morgan fingerprint density at radius 2 is 2.17 bits per heavy atom. The van der Waals surface area contributed by atoms with Crippen LogP contribution in [0.15, 0.2) is 0 Å². The van der Waals surface area contributed by atoms with Crippen molar-refractivity contribution >= 4 is 0 Å². The molecule has 4 atom stereocenters. The molecule has 3 N–H and O–H groups in total. The quantitative estimate of drug-likeness (QED) is 0.477. The minimum Gasteiger partial charge on any atom is -0.394 e. The van der Waals surface area contributed by atoms with Crippen LogP contribution in [0.1, 0.15) is 6.42 Å². The number of hydrogen-bond acceptors (Lipinski definition) is 5. The molecule has 0 spiro atoms. The van der Waals surface area contributed by atoms with Gasteiger partial charge < -0.3 is 24.8 Å². The zero-order valence-electron chi connectivity index (χ0n) is 6.88. The molecule has 5 nitrogen and oxygen atoms in total. The van der Waals surface area contributed by atoms with Crippen LogP contribution < -0.4 is 0 Å². The third-order valence-corrected chi connectivity index (χ3v) is 1.98. The fourth-order valence-corrected chi connectivity index (χ4v) is 1.22. The van der Waals surface area contributed by atoms with Crippen LogP contribution in [0, 0.1) is 0 Å². The summed E-state index contributed by atoms with van der Waals surface area (Å²) < 4.78 is 9.92. The second-order valence-electron chi connectivity index (χ2n) is 2.82. The number of aliphatic hydroxyl groups is 3. The molecule has 1 aliphatic heterocycles. The monoisotopic (exact) mass is 178 g/mol. The topological polar surface area (TPSA) is 79.2 Å². The Morgan fingerprint density at radius 1 is 1.50 bits per heavy atom. The van der Waals surface area contributed by atoms with E-state index in [1.807, 2.05) is 0 Å². The first-order valence-electron chi connectivity index (χ1n) is 3.84. The van der Waals surface area contributed by atoms with Crippen LogP contribution in [0.5, 0.6) is 0 Å². The predicted molar refractivity (Wildman–Crippen MR) is 39.4 cm³/mol. The first-order valence-corrected chi connectivity index (χ1v) is 3.84. The molecular formula is C7H14O5. The third kappa shape index (κ3) is 1.94. The molecule has 0 aromatic heterocycles. The lowest BCUT2D eigenvalue weighted by Gasteiger charge is -2.35. The Morgan fingerprint density at radius 3 is 2.67 bits per heavy atom. The van der Waals surface area contributed by atoms with Crippen molar-refractivity contribution in [3.05, 3.63) is 0 Å². The molecule has 72 valence electrons. The van der Waals surface area contributed by atoms with E-state index in [4.69, 9.17) is 14.6 Å². The van der Waals surface area contributed by atoms with Crippen LogP contribution in [0.25, 0.3) is 0 Å². The van der Waals surface area contributed by atoms with Gasteiger partial charge in [-0.15, -0.1) is 0 Å². The van der Waals surface area contributed by atoms with Gasteiger partial charge >= 0.3 is 0 Å². The van der Waals surface area contributed by atoms with Crippen molar-refractivity contribution in [1.82, 2.24) is 0 Å². The Hall–Kier alpha value is -0.200. The molecule has 0 aromatic rings. The molecule has 0 aliphatic carbocycles. The zero-order valence-corrected chi connectivity index (χ0v) is 6.88. The van der Waals surface area contributed by atoms with Crippen molar-refractivity contribution in [2.45, 2.75) is 31.0 Å². The van der Waals surface area contributed by atoms with Gasteiger partial charge in [-0.25, -0.2) is 0 Å². The smallest absolute Gasteiger partial charge is 0.160 e. The molecule has 1 unspecified atom stereocenters. The molecule has 0 aromatic carbocycles.